The standard InChI is InChI=1S/C20H19BrFNO5S/c1-23-17-3-2-15(11-18(17)28-12-19(23)24)29(25,26)16-9-13(8-14(22)10-16)20(21)4-6-27-7-5-20/h2-3,8-11H,4-7,12H2,1H3. The minimum absolute atomic E-state index is 0.0221. The number of sulfone groups is 1. The lowest BCUT2D eigenvalue weighted by molar-refractivity contribution is -0.120. The first kappa shape index (κ1) is 20.3. The Morgan fingerprint density at radius 3 is 2.55 bits per heavy atom. The molecule has 0 N–H and O–H groups in total. The molecule has 4 rings (SSSR count). The minimum Gasteiger partial charge on any atom is -0.482 e. The molecule has 0 atom stereocenters. The maximum absolute atomic E-state index is 14.4. The van der Waals surface area contributed by atoms with Crippen LogP contribution >= 0.6 is 15.9 Å². The Bertz CT molecular complexity index is 1080. The van der Waals surface area contributed by atoms with E-state index in [4.69, 9.17) is 9.47 Å². The van der Waals surface area contributed by atoms with Gasteiger partial charge in [-0.1, -0.05) is 15.9 Å². The molecule has 0 radical (unpaired) electrons. The molecule has 1 amide bonds. The first-order chi connectivity index (χ1) is 13.7. The zero-order valence-electron chi connectivity index (χ0n) is 15.7. The van der Waals surface area contributed by atoms with Gasteiger partial charge in [-0.05, 0) is 48.7 Å². The van der Waals surface area contributed by atoms with Crippen LogP contribution < -0.4 is 9.64 Å². The van der Waals surface area contributed by atoms with Crippen LogP contribution in [0.4, 0.5) is 10.1 Å². The largest absolute Gasteiger partial charge is 0.482 e. The van der Waals surface area contributed by atoms with Gasteiger partial charge in [-0.15, -0.1) is 0 Å². The molecule has 29 heavy (non-hydrogen) atoms. The third kappa shape index (κ3) is 3.67. The van der Waals surface area contributed by atoms with Gasteiger partial charge in [0.25, 0.3) is 5.91 Å². The molecule has 1 fully saturated rings. The van der Waals surface area contributed by atoms with Crippen LogP contribution in [0.3, 0.4) is 0 Å². The van der Waals surface area contributed by atoms with Crippen molar-refractivity contribution < 1.29 is 27.1 Å². The molecular formula is C20H19BrFNO5S. The van der Waals surface area contributed by atoms with E-state index in [-0.39, 0.29) is 22.3 Å². The number of benzene rings is 2. The topological polar surface area (TPSA) is 72.9 Å². The smallest absolute Gasteiger partial charge is 0.264 e. The van der Waals surface area contributed by atoms with E-state index < -0.39 is 20.0 Å². The summed E-state index contributed by atoms with van der Waals surface area (Å²) in [7, 11) is -2.39. The summed E-state index contributed by atoms with van der Waals surface area (Å²) in [4.78, 5) is 13.0. The van der Waals surface area contributed by atoms with Gasteiger partial charge in [0, 0.05) is 26.3 Å². The van der Waals surface area contributed by atoms with Gasteiger partial charge in [0.05, 0.1) is 19.8 Å². The van der Waals surface area contributed by atoms with Gasteiger partial charge in [-0.2, -0.15) is 0 Å². The second-order valence-electron chi connectivity index (χ2n) is 7.13. The van der Waals surface area contributed by atoms with Crippen LogP contribution in [-0.4, -0.2) is 41.2 Å². The van der Waals surface area contributed by atoms with Gasteiger partial charge in [0.1, 0.15) is 11.6 Å². The maximum atomic E-state index is 14.4. The summed E-state index contributed by atoms with van der Waals surface area (Å²) in [6, 6.07) is 8.17. The molecule has 0 aliphatic carbocycles. The lowest BCUT2D eigenvalue weighted by atomic mass is 9.91. The van der Waals surface area contributed by atoms with E-state index in [9.17, 15) is 17.6 Å². The van der Waals surface area contributed by atoms with Crippen LogP contribution in [0, 0.1) is 5.82 Å². The molecule has 0 unspecified atom stereocenters. The average Bonchev–Trinajstić information content (AvgIpc) is 2.70. The fraction of sp³-hybridized carbons (Fsp3) is 0.350. The van der Waals surface area contributed by atoms with Crippen molar-refractivity contribution in [3.8, 4) is 5.75 Å². The summed E-state index contributed by atoms with van der Waals surface area (Å²) in [6.45, 7) is 0.863. The van der Waals surface area contributed by atoms with E-state index in [1.807, 2.05) is 0 Å². The van der Waals surface area contributed by atoms with Crippen molar-refractivity contribution in [2.75, 3.05) is 31.8 Å². The molecule has 0 spiro atoms. The molecule has 0 aromatic heterocycles. The summed E-state index contributed by atoms with van der Waals surface area (Å²) < 4.78 is 51.0. The number of anilines is 1. The Morgan fingerprint density at radius 1 is 1.10 bits per heavy atom. The molecular weight excluding hydrogens is 465 g/mol. The molecule has 2 aliphatic heterocycles. The Morgan fingerprint density at radius 2 is 1.83 bits per heavy atom. The number of ether oxygens (including phenoxy) is 2. The van der Waals surface area contributed by atoms with Crippen molar-refractivity contribution in [2.24, 2.45) is 0 Å². The van der Waals surface area contributed by atoms with Crippen molar-refractivity contribution in [1.82, 2.24) is 0 Å². The fourth-order valence-electron chi connectivity index (χ4n) is 3.52. The molecule has 6 nitrogen and oxygen atoms in total. The van der Waals surface area contributed by atoms with E-state index in [2.05, 4.69) is 15.9 Å². The molecule has 154 valence electrons. The second-order valence-corrected chi connectivity index (χ2v) is 10.6. The summed E-state index contributed by atoms with van der Waals surface area (Å²) >= 11 is 3.66. The normalized spacial score (nSPS) is 18.9. The number of nitrogens with zero attached hydrogens (tertiary/aromatic N) is 1. The number of alkyl halides is 1. The number of hydrogen-bond acceptors (Lipinski definition) is 5. The first-order valence-electron chi connectivity index (χ1n) is 9.07. The van der Waals surface area contributed by atoms with E-state index in [0.717, 1.165) is 6.07 Å². The molecule has 2 aromatic rings. The molecule has 1 saturated heterocycles. The van der Waals surface area contributed by atoms with Crippen LogP contribution in [0.15, 0.2) is 46.2 Å². The molecule has 9 heteroatoms. The van der Waals surface area contributed by atoms with Crippen LogP contribution in [0.25, 0.3) is 0 Å². The van der Waals surface area contributed by atoms with Crippen LogP contribution in [0.1, 0.15) is 18.4 Å². The summed E-state index contributed by atoms with van der Waals surface area (Å²) in [5.74, 6) is -0.543. The van der Waals surface area contributed by atoms with Gasteiger partial charge < -0.3 is 14.4 Å². The second kappa shape index (κ2) is 7.37. The van der Waals surface area contributed by atoms with Crippen LogP contribution in [0.5, 0.6) is 5.75 Å². The number of hydrogen-bond donors (Lipinski definition) is 0. The third-order valence-corrected chi connectivity index (χ3v) is 8.29. The Balaban J connectivity index is 1.76. The highest BCUT2D eigenvalue weighted by molar-refractivity contribution is 9.09. The lowest BCUT2D eigenvalue weighted by Gasteiger charge is -2.32. The summed E-state index contributed by atoms with van der Waals surface area (Å²) in [5.41, 5.74) is 1.06. The van der Waals surface area contributed by atoms with Gasteiger partial charge in [-0.3, -0.25) is 4.79 Å². The van der Waals surface area contributed by atoms with Crippen molar-refractivity contribution in [3.63, 3.8) is 0 Å². The van der Waals surface area contributed by atoms with Crippen LogP contribution in [0.2, 0.25) is 0 Å². The highest BCUT2D eigenvalue weighted by Gasteiger charge is 2.34. The molecule has 2 heterocycles. The lowest BCUT2D eigenvalue weighted by Crippen LogP contribution is -2.35. The van der Waals surface area contributed by atoms with E-state index in [0.29, 0.717) is 43.1 Å². The molecule has 2 aromatic carbocycles. The Hall–Kier alpha value is -1.97. The predicted octanol–water partition coefficient (Wildman–Crippen LogP) is 3.41. The number of fused-ring (bicyclic) bond motifs is 1. The van der Waals surface area contributed by atoms with E-state index >= 15 is 0 Å². The SMILES string of the molecule is CN1C(=O)COc2cc(S(=O)(=O)c3cc(F)cc(C4(Br)CCOCC4)c3)ccc21. The van der Waals surface area contributed by atoms with Crippen molar-refractivity contribution in [3.05, 3.63) is 47.8 Å². The molecule has 0 bridgehead atoms. The zero-order valence-corrected chi connectivity index (χ0v) is 18.1. The number of halogens is 2. The van der Waals surface area contributed by atoms with E-state index in [1.54, 1.807) is 7.05 Å². The first-order valence-corrected chi connectivity index (χ1v) is 11.3. The number of carbonyl (C=O) groups excluding carboxylic acids is 1. The summed E-state index contributed by atoms with van der Waals surface area (Å²) in [6.07, 6.45) is 1.23. The number of likely N-dealkylation sites (N-methyl/N-ethyl adjacent to an activating group) is 1. The zero-order chi connectivity index (χ0) is 20.8. The molecule has 2 aliphatic rings. The minimum atomic E-state index is -3.99. The monoisotopic (exact) mass is 483 g/mol. The number of rotatable bonds is 3. The summed E-state index contributed by atoms with van der Waals surface area (Å²) in [5, 5.41) is 0. The fourth-order valence-corrected chi connectivity index (χ4v) is 5.41. The number of carbonyl (C=O) groups is 1. The van der Waals surface area contributed by atoms with Crippen molar-refractivity contribution >= 4 is 37.4 Å². The Labute approximate surface area is 176 Å². The number of amides is 1. The third-order valence-electron chi connectivity index (χ3n) is 5.31. The van der Waals surface area contributed by atoms with Gasteiger partial charge in [0.15, 0.2) is 6.61 Å². The van der Waals surface area contributed by atoms with Crippen molar-refractivity contribution in [2.45, 2.75) is 27.0 Å². The molecule has 0 saturated carbocycles. The highest BCUT2D eigenvalue weighted by atomic mass is 79.9. The van der Waals surface area contributed by atoms with Crippen molar-refractivity contribution in [1.29, 1.82) is 0 Å². The van der Waals surface area contributed by atoms with Gasteiger partial charge in [-0.25, -0.2) is 12.8 Å². The maximum Gasteiger partial charge on any atom is 0.264 e. The highest BCUT2D eigenvalue weighted by Crippen LogP contribution is 2.42. The van der Waals surface area contributed by atoms with Gasteiger partial charge in [0.2, 0.25) is 9.84 Å². The predicted molar refractivity (Wildman–Crippen MR) is 108 cm³/mol. The van der Waals surface area contributed by atoms with Gasteiger partial charge >= 0.3 is 0 Å². The van der Waals surface area contributed by atoms with Crippen LogP contribution in [-0.2, 0) is 23.7 Å². The average molecular weight is 484 g/mol. The Kier molecular flexibility index (Phi) is 5.16. The quantitative estimate of drug-likeness (QED) is 0.625. The van der Waals surface area contributed by atoms with E-state index in [1.165, 1.54) is 35.2 Å².